The minimum Gasteiger partial charge on any atom is -0.344 e. The molecule has 2 aliphatic heterocycles. The monoisotopic (exact) mass is 338 g/mol. The Bertz CT molecular complexity index is 476. The highest BCUT2D eigenvalue weighted by Gasteiger charge is 2.33. The molecule has 0 bridgehead atoms. The lowest BCUT2D eigenvalue weighted by molar-refractivity contribution is -0.138. The van der Waals surface area contributed by atoms with Crippen LogP contribution < -0.4 is 5.32 Å². The minimum atomic E-state index is -0.358. The molecular formula is C17H30N4O3. The van der Waals surface area contributed by atoms with Crippen LogP contribution in [0.5, 0.6) is 0 Å². The van der Waals surface area contributed by atoms with Crippen molar-refractivity contribution < 1.29 is 14.4 Å². The van der Waals surface area contributed by atoms with E-state index in [1.165, 1.54) is 0 Å². The van der Waals surface area contributed by atoms with Crippen molar-refractivity contribution in [3.05, 3.63) is 0 Å². The van der Waals surface area contributed by atoms with Crippen molar-refractivity contribution in [2.24, 2.45) is 0 Å². The quantitative estimate of drug-likeness (QED) is 0.769. The number of piperazine rings is 1. The Morgan fingerprint density at radius 3 is 2.17 bits per heavy atom. The fourth-order valence-corrected chi connectivity index (χ4v) is 3.59. The number of carbonyl (C=O) groups excluding carboxylic acids is 3. The lowest BCUT2D eigenvalue weighted by atomic mass is 10.2. The highest BCUT2D eigenvalue weighted by molar-refractivity contribution is 5.90. The molecule has 2 fully saturated rings. The molecule has 0 saturated carbocycles. The van der Waals surface area contributed by atoms with E-state index in [0.29, 0.717) is 45.6 Å². The molecule has 2 rings (SSSR count). The number of carbonyl (C=O) groups is 3. The molecule has 136 valence electrons. The molecule has 1 unspecified atom stereocenters. The summed E-state index contributed by atoms with van der Waals surface area (Å²) in [6.07, 6.45) is 1.03. The van der Waals surface area contributed by atoms with E-state index in [2.05, 4.69) is 10.2 Å². The van der Waals surface area contributed by atoms with Gasteiger partial charge in [-0.3, -0.25) is 19.3 Å². The molecule has 0 aromatic heterocycles. The third kappa shape index (κ3) is 4.47. The highest BCUT2D eigenvalue weighted by Crippen LogP contribution is 2.13. The van der Waals surface area contributed by atoms with Gasteiger partial charge in [-0.05, 0) is 34.1 Å². The van der Waals surface area contributed by atoms with Gasteiger partial charge in [0.1, 0.15) is 6.04 Å². The molecule has 7 nitrogen and oxygen atoms in total. The minimum absolute atomic E-state index is 0.0119. The van der Waals surface area contributed by atoms with E-state index < -0.39 is 0 Å². The fourth-order valence-electron chi connectivity index (χ4n) is 3.59. The number of hydrogen-bond donors (Lipinski definition) is 1. The Balaban J connectivity index is 1.81. The summed E-state index contributed by atoms with van der Waals surface area (Å²) < 4.78 is 0. The predicted molar refractivity (Wildman–Crippen MR) is 91.3 cm³/mol. The number of hydrogen-bond acceptors (Lipinski definition) is 4. The first-order valence-corrected chi connectivity index (χ1v) is 8.91. The summed E-state index contributed by atoms with van der Waals surface area (Å²) >= 11 is 0. The van der Waals surface area contributed by atoms with Crippen molar-refractivity contribution in [3.8, 4) is 0 Å². The Labute approximate surface area is 144 Å². The van der Waals surface area contributed by atoms with E-state index in [9.17, 15) is 14.4 Å². The molecule has 7 heteroatoms. The summed E-state index contributed by atoms with van der Waals surface area (Å²) in [5.74, 6) is 0.112. The first-order valence-electron chi connectivity index (χ1n) is 8.91. The molecule has 0 radical (unpaired) electrons. The van der Waals surface area contributed by atoms with Crippen LogP contribution in [0.15, 0.2) is 0 Å². The predicted octanol–water partition coefficient (Wildman–Crippen LogP) is 0.0546. The second kappa shape index (κ2) is 7.96. The maximum Gasteiger partial charge on any atom is 0.245 e. The molecular weight excluding hydrogens is 308 g/mol. The number of nitrogens with zero attached hydrogens (tertiary/aromatic N) is 3. The Hall–Kier alpha value is -1.63. The van der Waals surface area contributed by atoms with Crippen molar-refractivity contribution in [2.75, 3.05) is 32.7 Å². The Morgan fingerprint density at radius 1 is 1.12 bits per heavy atom. The van der Waals surface area contributed by atoms with Crippen molar-refractivity contribution in [3.63, 3.8) is 0 Å². The molecule has 3 amide bonds. The van der Waals surface area contributed by atoms with Crippen molar-refractivity contribution in [1.29, 1.82) is 0 Å². The van der Waals surface area contributed by atoms with Crippen LogP contribution in [0.4, 0.5) is 0 Å². The van der Waals surface area contributed by atoms with Crippen molar-refractivity contribution >= 4 is 17.7 Å². The zero-order valence-corrected chi connectivity index (χ0v) is 15.2. The number of nitrogens with one attached hydrogen (secondary N) is 1. The van der Waals surface area contributed by atoms with E-state index in [1.807, 2.05) is 32.6 Å². The zero-order valence-electron chi connectivity index (χ0n) is 15.2. The highest BCUT2D eigenvalue weighted by atomic mass is 16.2. The van der Waals surface area contributed by atoms with E-state index in [-0.39, 0.29) is 35.8 Å². The van der Waals surface area contributed by atoms with Crippen LogP contribution in [-0.4, -0.2) is 83.3 Å². The zero-order chi connectivity index (χ0) is 17.9. The number of amides is 3. The largest absolute Gasteiger partial charge is 0.344 e. The second-order valence-electron chi connectivity index (χ2n) is 7.25. The Morgan fingerprint density at radius 2 is 1.71 bits per heavy atom. The van der Waals surface area contributed by atoms with Crippen molar-refractivity contribution in [2.45, 2.75) is 58.7 Å². The molecule has 2 heterocycles. The SMILES string of the molecule is CC(C)N(C(=O)CN1CCN(C(=O)C2CCC(=O)N2)CC1)C(C)C. The van der Waals surface area contributed by atoms with Crippen LogP contribution in [0.2, 0.25) is 0 Å². The van der Waals surface area contributed by atoms with E-state index >= 15 is 0 Å². The average molecular weight is 338 g/mol. The third-order valence-corrected chi connectivity index (χ3v) is 4.74. The van der Waals surface area contributed by atoms with Gasteiger partial charge in [0.2, 0.25) is 17.7 Å². The van der Waals surface area contributed by atoms with Crippen molar-refractivity contribution in [1.82, 2.24) is 20.0 Å². The van der Waals surface area contributed by atoms with Gasteiger partial charge in [-0.15, -0.1) is 0 Å². The van der Waals surface area contributed by atoms with Crippen LogP contribution in [0.3, 0.4) is 0 Å². The standard InChI is InChI=1S/C17H30N4O3/c1-12(2)21(13(3)4)16(23)11-19-7-9-20(10-8-19)17(24)14-5-6-15(22)18-14/h12-14H,5-11H2,1-4H3,(H,18,22). The van der Waals surface area contributed by atoms with Gasteiger partial charge in [-0.25, -0.2) is 0 Å². The lowest BCUT2D eigenvalue weighted by Crippen LogP contribution is -2.55. The topological polar surface area (TPSA) is 73.0 Å². The summed E-state index contributed by atoms with van der Waals surface area (Å²) in [6, 6.07) is 0.0146. The van der Waals surface area contributed by atoms with Gasteiger partial charge < -0.3 is 15.1 Å². The van der Waals surface area contributed by atoms with Gasteiger partial charge in [-0.1, -0.05) is 0 Å². The maximum absolute atomic E-state index is 12.5. The maximum atomic E-state index is 12.5. The van der Waals surface area contributed by atoms with E-state index in [0.717, 1.165) is 0 Å². The van der Waals surface area contributed by atoms with Gasteiger partial charge >= 0.3 is 0 Å². The summed E-state index contributed by atoms with van der Waals surface area (Å²) in [5.41, 5.74) is 0. The van der Waals surface area contributed by atoms with Crippen LogP contribution in [0, 0.1) is 0 Å². The summed E-state index contributed by atoms with van der Waals surface area (Å²) in [4.78, 5) is 42.0. The Kier molecular flexibility index (Phi) is 6.21. The first kappa shape index (κ1) is 18.7. The van der Waals surface area contributed by atoms with Gasteiger partial charge in [0, 0.05) is 44.7 Å². The van der Waals surface area contributed by atoms with Gasteiger partial charge in [0.15, 0.2) is 0 Å². The van der Waals surface area contributed by atoms with Crippen LogP contribution >= 0.6 is 0 Å². The molecule has 1 atom stereocenters. The van der Waals surface area contributed by atoms with Crippen LogP contribution in [0.1, 0.15) is 40.5 Å². The first-order chi connectivity index (χ1) is 11.3. The van der Waals surface area contributed by atoms with Gasteiger partial charge in [0.05, 0.1) is 6.54 Å². The lowest BCUT2D eigenvalue weighted by Gasteiger charge is -2.37. The third-order valence-electron chi connectivity index (χ3n) is 4.74. The molecule has 0 aromatic rings. The fraction of sp³-hybridized carbons (Fsp3) is 0.824. The average Bonchev–Trinajstić information content (AvgIpc) is 2.93. The van der Waals surface area contributed by atoms with E-state index in [4.69, 9.17) is 0 Å². The second-order valence-corrected chi connectivity index (χ2v) is 7.25. The molecule has 0 aromatic carbocycles. The smallest absolute Gasteiger partial charge is 0.245 e. The molecule has 24 heavy (non-hydrogen) atoms. The summed E-state index contributed by atoms with van der Waals surface area (Å²) in [7, 11) is 0. The van der Waals surface area contributed by atoms with E-state index in [1.54, 1.807) is 4.90 Å². The molecule has 0 spiro atoms. The van der Waals surface area contributed by atoms with Gasteiger partial charge in [-0.2, -0.15) is 0 Å². The summed E-state index contributed by atoms with van der Waals surface area (Å²) in [5, 5.41) is 2.73. The van der Waals surface area contributed by atoms with Gasteiger partial charge in [0.25, 0.3) is 0 Å². The van der Waals surface area contributed by atoms with Crippen LogP contribution in [0.25, 0.3) is 0 Å². The molecule has 2 saturated heterocycles. The number of rotatable bonds is 5. The molecule has 0 aliphatic carbocycles. The molecule has 2 aliphatic rings. The molecule has 1 N–H and O–H groups in total. The van der Waals surface area contributed by atoms with Crippen LogP contribution in [-0.2, 0) is 14.4 Å². The normalized spacial score (nSPS) is 22.2. The summed E-state index contributed by atoms with van der Waals surface area (Å²) in [6.45, 7) is 11.1.